The Morgan fingerprint density at radius 1 is 1.03 bits per heavy atom. The third-order valence-corrected chi connectivity index (χ3v) is 6.43. The molecule has 1 fully saturated rings. The molecule has 0 aliphatic carbocycles. The van der Waals surface area contributed by atoms with Crippen LogP contribution in [0.3, 0.4) is 0 Å². The second kappa shape index (κ2) is 8.52. The second-order valence-electron chi connectivity index (χ2n) is 8.28. The number of anilines is 1. The van der Waals surface area contributed by atoms with Gasteiger partial charge in [0.05, 0.1) is 11.4 Å². The van der Waals surface area contributed by atoms with Crippen molar-refractivity contribution in [1.29, 1.82) is 0 Å². The van der Waals surface area contributed by atoms with Gasteiger partial charge >= 0.3 is 0 Å². The summed E-state index contributed by atoms with van der Waals surface area (Å²) in [7, 11) is 0. The van der Waals surface area contributed by atoms with Gasteiger partial charge in [-0.3, -0.25) is 0 Å². The summed E-state index contributed by atoms with van der Waals surface area (Å²) in [5, 5.41) is 8.66. The van der Waals surface area contributed by atoms with Crippen molar-refractivity contribution >= 4 is 5.82 Å². The van der Waals surface area contributed by atoms with Gasteiger partial charge in [-0.1, -0.05) is 37.3 Å². The number of fused-ring (bicyclic) bond motifs is 1. The molecule has 0 radical (unpaired) electrons. The molecule has 5 nitrogen and oxygen atoms in total. The Morgan fingerprint density at radius 2 is 1.80 bits per heavy atom. The Morgan fingerprint density at radius 3 is 2.53 bits per heavy atom. The highest BCUT2D eigenvalue weighted by Gasteiger charge is 2.29. The summed E-state index contributed by atoms with van der Waals surface area (Å²) in [6, 6.07) is 18.6. The third kappa shape index (κ3) is 3.82. The van der Waals surface area contributed by atoms with Crippen LogP contribution in [0.25, 0.3) is 5.69 Å². The first-order valence-corrected chi connectivity index (χ1v) is 11.2. The Bertz CT molecular complexity index is 972. The zero-order chi connectivity index (χ0) is 20.3. The Balaban J connectivity index is 1.33. The second-order valence-corrected chi connectivity index (χ2v) is 8.28. The summed E-state index contributed by atoms with van der Waals surface area (Å²) in [6.45, 7) is 7.36. The standard InChI is InChI=1S/C25H30N4O/c1-2-28-16-13-20(14-17-28)24-23-12-15-26-25(23)29(27-24)21-8-10-22(11-9-21)30-18-19-6-4-3-5-7-19/h3-11,20,26H,2,12-18H2,1H3. The van der Waals surface area contributed by atoms with Crippen molar-refractivity contribution in [2.24, 2.45) is 0 Å². The van der Waals surface area contributed by atoms with Crippen molar-refractivity contribution in [3.05, 3.63) is 71.4 Å². The van der Waals surface area contributed by atoms with Crippen molar-refractivity contribution < 1.29 is 4.74 Å². The molecule has 0 atom stereocenters. The van der Waals surface area contributed by atoms with Gasteiger partial charge in [-0.05, 0) is 68.7 Å². The number of rotatable bonds is 6. The monoisotopic (exact) mass is 402 g/mol. The van der Waals surface area contributed by atoms with Crippen molar-refractivity contribution in [2.75, 3.05) is 31.5 Å². The number of hydrogen-bond donors (Lipinski definition) is 1. The van der Waals surface area contributed by atoms with E-state index in [4.69, 9.17) is 9.84 Å². The largest absolute Gasteiger partial charge is 0.489 e. The highest BCUT2D eigenvalue weighted by atomic mass is 16.5. The van der Waals surface area contributed by atoms with Crippen LogP contribution in [0.2, 0.25) is 0 Å². The van der Waals surface area contributed by atoms with Gasteiger partial charge in [0.15, 0.2) is 0 Å². The van der Waals surface area contributed by atoms with Crippen LogP contribution in [0.1, 0.15) is 42.5 Å². The van der Waals surface area contributed by atoms with Crippen LogP contribution in [0.4, 0.5) is 5.82 Å². The van der Waals surface area contributed by atoms with Crippen LogP contribution in [-0.4, -0.2) is 40.9 Å². The SMILES string of the molecule is CCN1CCC(c2nn(-c3ccc(OCc4ccccc4)cc3)c3c2CCN3)CC1. The van der Waals surface area contributed by atoms with E-state index in [9.17, 15) is 0 Å². The number of ether oxygens (including phenoxy) is 1. The van der Waals surface area contributed by atoms with Crippen molar-refractivity contribution in [3.8, 4) is 11.4 Å². The molecule has 156 valence electrons. The smallest absolute Gasteiger partial charge is 0.133 e. The molecule has 5 heteroatoms. The van der Waals surface area contributed by atoms with E-state index in [1.54, 1.807) is 0 Å². The van der Waals surface area contributed by atoms with E-state index in [1.807, 2.05) is 30.3 Å². The highest BCUT2D eigenvalue weighted by Crippen LogP contribution is 2.37. The fourth-order valence-corrected chi connectivity index (χ4v) is 4.66. The van der Waals surface area contributed by atoms with Gasteiger partial charge in [0.25, 0.3) is 0 Å². The molecule has 2 aliphatic rings. The average Bonchev–Trinajstić information content (AvgIpc) is 3.42. The summed E-state index contributed by atoms with van der Waals surface area (Å²) >= 11 is 0. The molecule has 3 aromatic rings. The number of nitrogens with zero attached hydrogens (tertiary/aromatic N) is 3. The molecule has 30 heavy (non-hydrogen) atoms. The van der Waals surface area contributed by atoms with E-state index < -0.39 is 0 Å². The van der Waals surface area contributed by atoms with E-state index in [0.29, 0.717) is 12.5 Å². The topological polar surface area (TPSA) is 42.3 Å². The molecule has 1 aromatic heterocycles. The predicted octanol–water partition coefficient (Wildman–Crippen LogP) is 4.62. The molecule has 0 saturated carbocycles. The van der Waals surface area contributed by atoms with Crippen molar-refractivity contribution in [1.82, 2.24) is 14.7 Å². The lowest BCUT2D eigenvalue weighted by Crippen LogP contribution is -2.33. The number of piperidine rings is 1. The van der Waals surface area contributed by atoms with Gasteiger partial charge in [-0.2, -0.15) is 5.10 Å². The number of hydrogen-bond acceptors (Lipinski definition) is 4. The molecule has 0 amide bonds. The van der Waals surface area contributed by atoms with E-state index in [1.165, 1.54) is 48.6 Å². The van der Waals surface area contributed by atoms with Gasteiger partial charge in [0.1, 0.15) is 18.2 Å². The molecule has 0 unspecified atom stereocenters. The molecule has 3 heterocycles. The molecule has 5 rings (SSSR count). The van der Waals surface area contributed by atoms with Crippen molar-refractivity contribution in [3.63, 3.8) is 0 Å². The summed E-state index contributed by atoms with van der Waals surface area (Å²) in [6.07, 6.45) is 3.50. The van der Waals surface area contributed by atoms with Gasteiger partial charge < -0.3 is 15.0 Å². The zero-order valence-electron chi connectivity index (χ0n) is 17.7. The van der Waals surface area contributed by atoms with Gasteiger partial charge in [-0.15, -0.1) is 0 Å². The Labute approximate surface area is 178 Å². The maximum absolute atomic E-state index is 5.95. The number of benzene rings is 2. The minimum absolute atomic E-state index is 0.580. The van der Waals surface area contributed by atoms with E-state index in [-0.39, 0.29) is 0 Å². The van der Waals surface area contributed by atoms with E-state index >= 15 is 0 Å². The first-order chi connectivity index (χ1) is 14.8. The molecular weight excluding hydrogens is 372 g/mol. The number of likely N-dealkylation sites (tertiary alicyclic amines) is 1. The third-order valence-electron chi connectivity index (χ3n) is 6.43. The maximum Gasteiger partial charge on any atom is 0.133 e. The molecule has 2 aliphatic heterocycles. The lowest BCUT2D eigenvalue weighted by atomic mass is 9.91. The van der Waals surface area contributed by atoms with Crippen molar-refractivity contribution in [2.45, 2.75) is 38.7 Å². The molecular formula is C25H30N4O. The molecule has 1 N–H and O–H groups in total. The summed E-state index contributed by atoms with van der Waals surface area (Å²) < 4.78 is 8.05. The van der Waals surface area contributed by atoms with Crippen LogP contribution in [-0.2, 0) is 13.0 Å². The summed E-state index contributed by atoms with van der Waals surface area (Å²) in [5.74, 6) is 2.64. The quantitative estimate of drug-likeness (QED) is 0.653. The molecule has 2 aromatic carbocycles. The fourth-order valence-electron chi connectivity index (χ4n) is 4.66. The maximum atomic E-state index is 5.95. The lowest BCUT2D eigenvalue weighted by Gasteiger charge is -2.30. The number of aromatic nitrogens is 2. The van der Waals surface area contributed by atoms with Crippen LogP contribution in [0, 0.1) is 0 Å². The fraction of sp³-hybridized carbons (Fsp3) is 0.400. The first-order valence-electron chi connectivity index (χ1n) is 11.2. The Kier molecular flexibility index (Phi) is 5.45. The average molecular weight is 403 g/mol. The minimum atomic E-state index is 0.580. The van der Waals surface area contributed by atoms with Gasteiger partial charge in [0.2, 0.25) is 0 Å². The molecule has 0 spiro atoms. The van der Waals surface area contributed by atoms with Crippen LogP contribution in [0.5, 0.6) is 5.75 Å². The lowest BCUT2D eigenvalue weighted by molar-refractivity contribution is 0.220. The minimum Gasteiger partial charge on any atom is -0.489 e. The molecule has 1 saturated heterocycles. The normalized spacial score (nSPS) is 17.0. The van der Waals surface area contributed by atoms with Gasteiger partial charge in [-0.25, -0.2) is 4.68 Å². The molecule has 0 bridgehead atoms. The first kappa shape index (κ1) is 19.2. The highest BCUT2D eigenvalue weighted by molar-refractivity contribution is 5.58. The Hall–Kier alpha value is -2.79. The van der Waals surface area contributed by atoms with Crippen LogP contribution < -0.4 is 10.1 Å². The van der Waals surface area contributed by atoms with Crippen LogP contribution in [0.15, 0.2) is 54.6 Å². The summed E-state index contributed by atoms with van der Waals surface area (Å²) in [5.41, 5.74) is 5.00. The summed E-state index contributed by atoms with van der Waals surface area (Å²) in [4.78, 5) is 2.54. The van der Waals surface area contributed by atoms with Crippen LogP contribution >= 0.6 is 0 Å². The van der Waals surface area contributed by atoms with Gasteiger partial charge in [0, 0.05) is 18.0 Å². The van der Waals surface area contributed by atoms with E-state index in [2.05, 4.69) is 46.1 Å². The number of nitrogens with one attached hydrogen (secondary N) is 1. The zero-order valence-corrected chi connectivity index (χ0v) is 17.7. The predicted molar refractivity (Wildman–Crippen MR) is 121 cm³/mol. The van der Waals surface area contributed by atoms with E-state index in [0.717, 1.165) is 30.9 Å².